The van der Waals surface area contributed by atoms with Crippen LogP contribution >= 0.6 is 0 Å². The van der Waals surface area contributed by atoms with Crippen LogP contribution in [0.1, 0.15) is 97.2 Å². The molecular formula is C63H56N2. The molecule has 0 fully saturated rings. The molecule has 0 saturated heterocycles. The number of benzene rings is 8. The maximum atomic E-state index is 2.39. The molecule has 1 aliphatic carbocycles. The summed E-state index contributed by atoms with van der Waals surface area (Å²) in [4.78, 5) is 4.69. The van der Waals surface area contributed by atoms with Gasteiger partial charge in [-0.15, -0.1) is 0 Å². The maximum absolute atomic E-state index is 2.39. The lowest BCUT2D eigenvalue weighted by atomic mass is 9.73. The molecule has 318 valence electrons. The van der Waals surface area contributed by atoms with Crippen molar-refractivity contribution in [2.75, 3.05) is 23.9 Å². The van der Waals surface area contributed by atoms with E-state index in [1.807, 2.05) is 0 Å². The molecule has 0 N–H and O–H groups in total. The molecule has 0 amide bonds. The molecule has 0 unspecified atom stereocenters. The molecule has 8 aromatic carbocycles. The average Bonchev–Trinajstić information content (AvgIpc) is 3.55. The standard InChI is InChI=1S/C63H56N2/c1-61(2)51-13-9-11-15-57(51)64(7)59-39-47(31-35-53(59)61)45-27-21-41(22-28-45)17-19-43-25-33-49-50-34-26-44(38-56(50)63(5,6)55(49)37-43)20-18-42-23-29-46(30-24-42)48-32-36-54-60(40-48)65(8)58-16-12-10-14-52(58)62(54,3)4/h9-40H,1-8H3/b19-17+,20-18+. The van der Waals surface area contributed by atoms with E-state index in [-0.39, 0.29) is 16.2 Å². The van der Waals surface area contributed by atoms with Gasteiger partial charge in [0.15, 0.2) is 0 Å². The maximum Gasteiger partial charge on any atom is 0.0455 e. The first-order valence-electron chi connectivity index (χ1n) is 23.1. The van der Waals surface area contributed by atoms with Gasteiger partial charge >= 0.3 is 0 Å². The summed E-state index contributed by atoms with van der Waals surface area (Å²) in [5.41, 5.74) is 25.6. The predicted octanol–water partition coefficient (Wildman–Crippen LogP) is 16.5. The van der Waals surface area contributed by atoms with Crippen molar-refractivity contribution in [1.29, 1.82) is 0 Å². The Morgan fingerprint density at radius 3 is 1.03 bits per heavy atom. The van der Waals surface area contributed by atoms with Crippen LogP contribution in [0.25, 0.3) is 57.7 Å². The lowest BCUT2D eigenvalue weighted by molar-refractivity contribution is 0.629. The summed E-state index contributed by atoms with van der Waals surface area (Å²) >= 11 is 0. The minimum absolute atomic E-state index is 0.0498. The first kappa shape index (κ1) is 40.6. The van der Waals surface area contributed by atoms with Gasteiger partial charge in [0.25, 0.3) is 0 Å². The van der Waals surface area contributed by atoms with Crippen molar-refractivity contribution >= 4 is 47.1 Å². The Kier molecular flexibility index (Phi) is 9.35. The van der Waals surface area contributed by atoms with E-state index < -0.39 is 0 Å². The van der Waals surface area contributed by atoms with E-state index in [2.05, 4.69) is 260 Å². The highest BCUT2D eigenvalue weighted by Crippen LogP contribution is 2.52. The van der Waals surface area contributed by atoms with Crippen LogP contribution in [0, 0.1) is 0 Å². The molecule has 65 heavy (non-hydrogen) atoms. The van der Waals surface area contributed by atoms with Crippen molar-refractivity contribution < 1.29 is 0 Å². The van der Waals surface area contributed by atoms with Gasteiger partial charge in [-0.25, -0.2) is 0 Å². The van der Waals surface area contributed by atoms with Gasteiger partial charge in [-0.3, -0.25) is 0 Å². The Morgan fingerprint density at radius 2 is 0.615 bits per heavy atom. The summed E-state index contributed by atoms with van der Waals surface area (Å²) in [6.45, 7) is 14.1. The van der Waals surface area contributed by atoms with Crippen molar-refractivity contribution in [3.8, 4) is 33.4 Å². The minimum atomic E-state index is -0.109. The molecule has 0 bridgehead atoms. The largest absolute Gasteiger partial charge is 0.344 e. The zero-order valence-electron chi connectivity index (χ0n) is 38.9. The van der Waals surface area contributed by atoms with Crippen LogP contribution in [0.15, 0.2) is 170 Å². The highest BCUT2D eigenvalue weighted by molar-refractivity contribution is 5.87. The highest BCUT2D eigenvalue weighted by atomic mass is 15.1. The quantitative estimate of drug-likeness (QED) is 0.154. The van der Waals surface area contributed by atoms with Gasteiger partial charge in [0.1, 0.15) is 0 Å². The monoisotopic (exact) mass is 840 g/mol. The van der Waals surface area contributed by atoms with Gasteiger partial charge < -0.3 is 9.80 Å². The summed E-state index contributed by atoms with van der Waals surface area (Å²) in [6, 6.07) is 63.4. The number of hydrogen-bond acceptors (Lipinski definition) is 2. The third kappa shape index (κ3) is 6.61. The fourth-order valence-corrected chi connectivity index (χ4v) is 11.1. The van der Waals surface area contributed by atoms with Crippen LogP contribution in [-0.4, -0.2) is 14.1 Å². The third-order valence-electron chi connectivity index (χ3n) is 15.1. The highest BCUT2D eigenvalue weighted by Gasteiger charge is 2.37. The van der Waals surface area contributed by atoms with E-state index in [9.17, 15) is 0 Å². The second kappa shape index (κ2) is 15.0. The van der Waals surface area contributed by atoms with E-state index in [0.717, 1.165) is 0 Å². The van der Waals surface area contributed by atoms with E-state index in [0.29, 0.717) is 0 Å². The van der Waals surface area contributed by atoms with Crippen molar-refractivity contribution in [3.05, 3.63) is 225 Å². The first-order chi connectivity index (χ1) is 31.3. The minimum Gasteiger partial charge on any atom is -0.344 e. The lowest BCUT2D eigenvalue weighted by Crippen LogP contribution is -2.30. The molecule has 2 aliphatic heterocycles. The summed E-state index contributed by atoms with van der Waals surface area (Å²) in [6.07, 6.45) is 8.99. The average molecular weight is 841 g/mol. The van der Waals surface area contributed by atoms with Crippen molar-refractivity contribution in [2.45, 2.75) is 57.8 Å². The van der Waals surface area contributed by atoms with Gasteiger partial charge in [-0.05, 0) is 113 Å². The normalized spacial score (nSPS) is 15.9. The van der Waals surface area contributed by atoms with Crippen molar-refractivity contribution in [1.82, 2.24) is 0 Å². The molecule has 2 heteroatoms. The van der Waals surface area contributed by atoms with Crippen molar-refractivity contribution in [2.24, 2.45) is 0 Å². The zero-order valence-corrected chi connectivity index (χ0v) is 38.9. The molecule has 2 heterocycles. The molecule has 0 saturated carbocycles. The van der Waals surface area contributed by atoms with Crippen LogP contribution < -0.4 is 9.80 Å². The molecule has 0 aromatic heterocycles. The zero-order chi connectivity index (χ0) is 44.8. The van der Waals surface area contributed by atoms with Gasteiger partial charge in [0.2, 0.25) is 0 Å². The number of nitrogens with zero attached hydrogens (tertiary/aromatic N) is 2. The Labute approximate surface area is 385 Å². The number of rotatable bonds is 6. The molecule has 2 nitrogen and oxygen atoms in total. The second-order valence-electron chi connectivity index (χ2n) is 20.0. The Balaban J connectivity index is 0.777. The van der Waals surface area contributed by atoms with Gasteiger partial charge in [-0.1, -0.05) is 211 Å². The van der Waals surface area contributed by atoms with E-state index in [4.69, 9.17) is 0 Å². The van der Waals surface area contributed by atoms with Gasteiger partial charge in [0.05, 0.1) is 0 Å². The van der Waals surface area contributed by atoms with Crippen LogP contribution in [0.4, 0.5) is 22.7 Å². The summed E-state index contributed by atoms with van der Waals surface area (Å²) < 4.78 is 0. The number of hydrogen-bond donors (Lipinski definition) is 0. The molecule has 0 radical (unpaired) electrons. The van der Waals surface area contributed by atoms with Crippen LogP contribution in [0.2, 0.25) is 0 Å². The van der Waals surface area contributed by atoms with E-state index in [1.54, 1.807) is 0 Å². The topological polar surface area (TPSA) is 6.48 Å². The number of fused-ring (bicyclic) bond motifs is 7. The van der Waals surface area contributed by atoms with Gasteiger partial charge in [0, 0.05) is 53.1 Å². The first-order valence-corrected chi connectivity index (χ1v) is 23.1. The lowest BCUT2D eigenvalue weighted by Gasteiger charge is -2.40. The predicted molar refractivity (Wildman–Crippen MR) is 279 cm³/mol. The fraction of sp³-hybridized carbons (Fsp3) is 0.175. The number of para-hydroxylation sites is 2. The molecule has 0 spiro atoms. The van der Waals surface area contributed by atoms with Crippen LogP contribution in [0.3, 0.4) is 0 Å². The van der Waals surface area contributed by atoms with Crippen molar-refractivity contribution in [3.63, 3.8) is 0 Å². The molecule has 11 rings (SSSR count). The van der Waals surface area contributed by atoms with E-state index >= 15 is 0 Å². The fourth-order valence-electron chi connectivity index (χ4n) is 11.1. The molecule has 8 aromatic rings. The molecule has 0 atom stereocenters. The Bertz CT molecular complexity index is 3030. The van der Waals surface area contributed by atoms with Gasteiger partial charge in [-0.2, -0.15) is 0 Å². The summed E-state index contributed by atoms with van der Waals surface area (Å²) in [5.74, 6) is 0. The molecule has 3 aliphatic rings. The second-order valence-corrected chi connectivity index (χ2v) is 20.0. The molecular weight excluding hydrogens is 785 g/mol. The Morgan fingerprint density at radius 1 is 0.292 bits per heavy atom. The van der Waals surface area contributed by atoms with Crippen LogP contribution in [0.5, 0.6) is 0 Å². The van der Waals surface area contributed by atoms with E-state index in [1.165, 1.54) is 112 Å². The summed E-state index contributed by atoms with van der Waals surface area (Å²) in [7, 11) is 4.38. The summed E-state index contributed by atoms with van der Waals surface area (Å²) in [5, 5.41) is 0. The Hall–Kier alpha value is -7.16. The van der Waals surface area contributed by atoms with Crippen LogP contribution in [-0.2, 0) is 16.2 Å². The smallest absolute Gasteiger partial charge is 0.0455 e. The SMILES string of the molecule is CN1c2ccccc2C(C)(C)c2ccc(-c3ccc(/C=C/c4ccc5c(c4)C(C)(C)c4cc(/C=C/c6ccc(-c7ccc8c(c7)N(C)c7ccccc7C8(C)C)cc6)ccc4-5)cc3)cc21. The third-order valence-corrected chi connectivity index (χ3v) is 15.1. The number of anilines is 4.